The summed E-state index contributed by atoms with van der Waals surface area (Å²) in [6, 6.07) is -0.694. The van der Waals surface area contributed by atoms with Gasteiger partial charge in [-0.25, -0.2) is 4.79 Å². The summed E-state index contributed by atoms with van der Waals surface area (Å²) in [6.07, 6.45) is -3.86. The number of nitrogens with two attached hydrogens (primary N) is 1. The minimum atomic E-state index is -4.62. The lowest BCUT2D eigenvalue weighted by atomic mass is 10.1. The fraction of sp³-hybridized carbons (Fsp3) is 0.500. The molecule has 1 unspecified atom stereocenters. The van der Waals surface area contributed by atoms with Gasteiger partial charge in [-0.1, -0.05) is 0 Å². The lowest BCUT2D eigenvalue weighted by molar-refractivity contribution is -0.142. The van der Waals surface area contributed by atoms with Gasteiger partial charge in [0.05, 0.1) is 0 Å². The number of halogens is 3. The number of nitrogens with zero attached hydrogens (tertiary/aromatic N) is 1. The molecule has 0 radical (unpaired) electrons. The average molecular weight is 219 g/mol. The largest absolute Gasteiger partial charge is 0.433 e. The second kappa shape index (κ2) is 3.06. The van der Waals surface area contributed by atoms with Crippen LogP contribution in [-0.4, -0.2) is 9.97 Å². The molecule has 2 rings (SSSR count). The van der Waals surface area contributed by atoms with Crippen molar-refractivity contribution < 1.29 is 13.2 Å². The molecule has 1 heterocycles. The third kappa shape index (κ3) is 1.63. The minimum absolute atomic E-state index is 0.0675. The van der Waals surface area contributed by atoms with E-state index >= 15 is 0 Å². The first-order valence-electron chi connectivity index (χ1n) is 4.35. The van der Waals surface area contributed by atoms with Crippen LogP contribution >= 0.6 is 0 Å². The number of hydrogen-bond acceptors (Lipinski definition) is 3. The van der Waals surface area contributed by atoms with Gasteiger partial charge in [-0.2, -0.15) is 18.2 Å². The summed E-state index contributed by atoms with van der Waals surface area (Å²) in [5.41, 5.74) is 3.60. The molecular formula is C8H8F3N3O. The fourth-order valence-electron chi connectivity index (χ4n) is 1.79. The first-order chi connectivity index (χ1) is 6.89. The van der Waals surface area contributed by atoms with Gasteiger partial charge in [0.2, 0.25) is 0 Å². The van der Waals surface area contributed by atoms with Crippen molar-refractivity contribution in [2.75, 3.05) is 0 Å². The van der Waals surface area contributed by atoms with E-state index < -0.39 is 23.6 Å². The summed E-state index contributed by atoms with van der Waals surface area (Å²) >= 11 is 0. The average Bonchev–Trinajstić information content (AvgIpc) is 2.44. The Morgan fingerprint density at radius 3 is 2.73 bits per heavy atom. The Morgan fingerprint density at radius 1 is 1.47 bits per heavy atom. The second-order valence-electron chi connectivity index (χ2n) is 3.43. The Kier molecular flexibility index (Phi) is 2.07. The number of aromatic amines is 1. The van der Waals surface area contributed by atoms with Crippen molar-refractivity contribution in [1.82, 2.24) is 9.97 Å². The first-order valence-corrected chi connectivity index (χ1v) is 4.35. The van der Waals surface area contributed by atoms with Crippen LogP contribution in [0.1, 0.15) is 29.4 Å². The number of fused-ring (bicyclic) bond motifs is 1. The zero-order chi connectivity index (χ0) is 11.2. The molecule has 0 bridgehead atoms. The predicted octanol–water partition coefficient (Wildman–Crippen LogP) is 0.735. The summed E-state index contributed by atoms with van der Waals surface area (Å²) < 4.78 is 37.6. The SMILES string of the molecule is NC1CCc2[nH]c(=O)nc(C(F)(F)F)c21. The highest BCUT2D eigenvalue weighted by Gasteiger charge is 2.40. The molecule has 0 amide bonds. The van der Waals surface area contributed by atoms with Crippen LogP contribution in [0.3, 0.4) is 0 Å². The number of aromatic nitrogens is 2. The molecule has 3 N–H and O–H groups in total. The molecule has 15 heavy (non-hydrogen) atoms. The smallest absolute Gasteiger partial charge is 0.324 e. The monoisotopic (exact) mass is 219 g/mol. The van der Waals surface area contributed by atoms with Gasteiger partial charge in [-0.3, -0.25) is 0 Å². The van der Waals surface area contributed by atoms with E-state index in [1.807, 2.05) is 0 Å². The van der Waals surface area contributed by atoms with E-state index in [-0.39, 0.29) is 11.3 Å². The molecule has 1 aromatic rings. The van der Waals surface area contributed by atoms with E-state index in [0.717, 1.165) is 0 Å². The number of hydrogen-bond donors (Lipinski definition) is 2. The number of aryl methyl sites for hydroxylation is 1. The summed E-state index contributed by atoms with van der Waals surface area (Å²) in [5, 5.41) is 0. The maximum Gasteiger partial charge on any atom is 0.433 e. The van der Waals surface area contributed by atoms with E-state index in [1.165, 1.54) is 0 Å². The molecule has 7 heteroatoms. The number of nitrogens with one attached hydrogen (secondary N) is 1. The number of rotatable bonds is 0. The fourth-order valence-corrected chi connectivity index (χ4v) is 1.79. The van der Waals surface area contributed by atoms with Gasteiger partial charge in [-0.15, -0.1) is 0 Å². The lowest BCUT2D eigenvalue weighted by Crippen LogP contribution is -2.24. The van der Waals surface area contributed by atoms with Crippen LogP contribution in [0, 0.1) is 0 Å². The Balaban J connectivity index is 2.70. The van der Waals surface area contributed by atoms with Crippen LogP contribution in [0.4, 0.5) is 13.2 Å². The van der Waals surface area contributed by atoms with Gasteiger partial charge in [-0.05, 0) is 12.8 Å². The molecule has 1 aliphatic rings. The standard InChI is InChI=1S/C8H8F3N3O/c9-8(10,11)6-5-3(12)1-2-4(5)13-7(15)14-6/h3H,1-2,12H2,(H,13,14,15). The van der Waals surface area contributed by atoms with Gasteiger partial charge in [0.15, 0.2) is 5.69 Å². The summed E-state index contributed by atoms with van der Waals surface area (Å²) in [5.74, 6) is 0. The predicted molar refractivity (Wildman–Crippen MR) is 45.1 cm³/mol. The van der Waals surface area contributed by atoms with Gasteiger partial charge in [0.25, 0.3) is 0 Å². The molecule has 0 aromatic carbocycles. The first kappa shape index (κ1) is 10.2. The topological polar surface area (TPSA) is 71.8 Å². The Labute approximate surface area is 82.3 Å². The third-order valence-corrected chi connectivity index (χ3v) is 2.40. The molecule has 1 atom stereocenters. The zero-order valence-corrected chi connectivity index (χ0v) is 7.56. The van der Waals surface area contributed by atoms with Gasteiger partial charge in [0, 0.05) is 17.3 Å². The second-order valence-corrected chi connectivity index (χ2v) is 3.43. The lowest BCUT2D eigenvalue weighted by Gasteiger charge is -2.12. The van der Waals surface area contributed by atoms with Crippen molar-refractivity contribution in [2.45, 2.75) is 25.1 Å². The Hall–Kier alpha value is -1.37. The van der Waals surface area contributed by atoms with Gasteiger partial charge >= 0.3 is 11.9 Å². The summed E-state index contributed by atoms with van der Waals surface area (Å²) in [7, 11) is 0. The van der Waals surface area contributed by atoms with Crippen LogP contribution in [0.2, 0.25) is 0 Å². The van der Waals surface area contributed by atoms with Crippen molar-refractivity contribution in [3.05, 3.63) is 27.4 Å². The molecule has 1 aromatic heterocycles. The zero-order valence-electron chi connectivity index (χ0n) is 7.56. The van der Waals surface area contributed by atoms with Crippen molar-refractivity contribution in [3.8, 4) is 0 Å². The van der Waals surface area contributed by atoms with Crippen LogP contribution in [0.25, 0.3) is 0 Å². The van der Waals surface area contributed by atoms with Gasteiger partial charge in [0.1, 0.15) is 0 Å². The van der Waals surface area contributed by atoms with Crippen LogP contribution in [-0.2, 0) is 12.6 Å². The molecule has 4 nitrogen and oxygen atoms in total. The molecule has 0 saturated heterocycles. The van der Waals surface area contributed by atoms with Gasteiger partial charge < -0.3 is 10.7 Å². The molecule has 0 aliphatic heterocycles. The molecular weight excluding hydrogens is 211 g/mol. The highest BCUT2D eigenvalue weighted by atomic mass is 19.4. The maximum atomic E-state index is 12.5. The van der Waals surface area contributed by atoms with Crippen LogP contribution < -0.4 is 11.4 Å². The van der Waals surface area contributed by atoms with Crippen molar-refractivity contribution in [1.29, 1.82) is 0 Å². The molecule has 82 valence electrons. The summed E-state index contributed by atoms with van der Waals surface area (Å²) in [4.78, 5) is 16.1. The van der Waals surface area contributed by atoms with Crippen LogP contribution in [0.5, 0.6) is 0 Å². The van der Waals surface area contributed by atoms with E-state index in [4.69, 9.17) is 5.73 Å². The minimum Gasteiger partial charge on any atom is -0.324 e. The number of H-pyrrole nitrogens is 1. The normalized spacial score (nSPS) is 20.4. The van der Waals surface area contributed by atoms with Crippen LogP contribution in [0.15, 0.2) is 4.79 Å². The Bertz CT molecular complexity index is 451. The Morgan fingerprint density at radius 2 is 2.13 bits per heavy atom. The third-order valence-electron chi connectivity index (χ3n) is 2.40. The van der Waals surface area contributed by atoms with E-state index in [1.54, 1.807) is 0 Å². The number of alkyl halides is 3. The molecule has 1 aliphatic carbocycles. The van der Waals surface area contributed by atoms with E-state index in [0.29, 0.717) is 12.8 Å². The van der Waals surface area contributed by atoms with Crippen molar-refractivity contribution in [2.24, 2.45) is 5.73 Å². The quantitative estimate of drug-likeness (QED) is 0.675. The molecule has 0 saturated carbocycles. The van der Waals surface area contributed by atoms with Crippen molar-refractivity contribution >= 4 is 0 Å². The molecule has 0 fully saturated rings. The van der Waals surface area contributed by atoms with E-state index in [2.05, 4.69) is 9.97 Å². The van der Waals surface area contributed by atoms with E-state index in [9.17, 15) is 18.0 Å². The van der Waals surface area contributed by atoms with Crippen molar-refractivity contribution in [3.63, 3.8) is 0 Å². The highest BCUT2D eigenvalue weighted by Crippen LogP contribution is 2.37. The summed E-state index contributed by atoms with van der Waals surface area (Å²) in [6.45, 7) is 0. The maximum absolute atomic E-state index is 12.5. The highest BCUT2D eigenvalue weighted by molar-refractivity contribution is 5.33. The molecule has 0 spiro atoms.